The second-order valence-electron chi connectivity index (χ2n) is 5.50. The van der Waals surface area contributed by atoms with Crippen molar-refractivity contribution in [2.24, 2.45) is 5.41 Å². The SMILES string of the molecule is CCCCCOC(=O)C(C)(C)Cc1ccccc1Cl. The van der Waals surface area contributed by atoms with E-state index in [9.17, 15) is 4.79 Å². The Labute approximate surface area is 121 Å². The van der Waals surface area contributed by atoms with Crippen LogP contribution < -0.4 is 0 Å². The zero-order valence-electron chi connectivity index (χ0n) is 12.0. The summed E-state index contributed by atoms with van der Waals surface area (Å²) in [4.78, 5) is 12.1. The largest absolute Gasteiger partial charge is 0.465 e. The molecule has 0 aliphatic heterocycles. The number of esters is 1. The Bertz CT molecular complexity index is 413. The first-order chi connectivity index (χ1) is 8.97. The van der Waals surface area contributed by atoms with E-state index in [1.54, 1.807) is 0 Å². The number of hydrogen-bond donors (Lipinski definition) is 0. The maximum absolute atomic E-state index is 12.1. The van der Waals surface area contributed by atoms with Crippen LogP contribution in [0.1, 0.15) is 45.6 Å². The second kappa shape index (κ2) is 7.54. The Morgan fingerprint density at radius 1 is 1.26 bits per heavy atom. The molecule has 1 aromatic carbocycles. The van der Waals surface area contributed by atoms with Gasteiger partial charge in [0.05, 0.1) is 12.0 Å². The molecule has 0 aliphatic carbocycles. The lowest BCUT2D eigenvalue weighted by Crippen LogP contribution is -2.29. The minimum atomic E-state index is -0.544. The lowest BCUT2D eigenvalue weighted by Gasteiger charge is -2.23. The zero-order chi connectivity index (χ0) is 14.3. The second-order valence-corrected chi connectivity index (χ2v) is 5.90. The van der Waals surface area contributed by atoms with E-state index in [1.165, 1.54) is 0 Å². The van der Waals surface area contributed by atoms with Gasteiger partial charge in [-0.05, 0) is 38.3 Å². The van der Waals surface area contributed by atoms with Crippen LogP contribution in [0.4, 0.5) is 0 Å². The molecule has 1 aromatic rings. The van der Waals surface area contributed by atoms with E-state index in [4.69, 9.17) is 16.3 Å². The Kier molecular flexibility index (Phi) is 6.36. The molecule has 106 valence electrons. The van der Waals surface area contributed by atoms with Gasteiger partial charge in [0.15, 0.2) is 0 Å². The summed E-state index contributed by atoms with van der Waals surface area (Å²) in [6.45, 7) is 6.44. The van der Waals surface area contributed by atoms with E-state index in [0.717, 1.165) is 24.8 Å². The predicted octanol–water partition coefficient (Wildman–Crippen LogP) is 4.64. The first-order valence-electron chi connectivity index (χ1n) is 6.88. The summed E-state index contributed by atoms with van der Waals surface area (Å²) >= 11 is 6.13. The molecule has 0 fully saturated rings. The molecule has 0 aromatic heterocycles. The fraction of sp³-hybridized carbons (Fsp3) is 0.562. The van der Waals surface area contributed by atoms with Gasteiger partial charge in [0, 0.05) is 5.02 Å². The van der Waals surface area contributed by atoms with E-state index in [1.807, 2.05) is 38.1 Å². The van der Waals surface area contributed by atoms with Crippen LogP contribution in [0.5, 0.6) is 0 Å². The molecule has 0 heterocycles. The molecule has 1 rings (SSSR count). The summed E-state index contributed by atoms with van der Waals surface area (Å²) in [6.07, 6.45) is 3.75. The Morgan fingerprint density at radius 3 is 2.58 bits per heavy atom. The highest BCUT2D eigenvalue weighted by Gasteiger charge is 2.30. The number of halogens is 1. The Balaban J connectivity index is 2.55. The molecular formula is C16H23ClO2. The highest BCUT2D eigenvalue weighted by atomic mass is 35.5. The van der Waals surface area contributed by atoms with Crippen LogP contribution in [0.25, 0.3) is 0 Å². The van der Waals surface area contributed by atoms with Gasteiger partial charge >= 0.3 is 5.97 Å². The van der Waals surface area contributed by atoms with Gasteiger partial charge in [-0.3, -0.25) is 4.79 Å². The van der Waals surface area contributed by atoms with Crippen LogP contribution in [0.15, 0.2) is 24.3 Å². The fourth-order valence-corrected chi connectivity index (χ4v) is 2.10. The number of unbranched alkanes of at least 4 members (excludes halogenated alkanes) is 2. The fourth-order valence-electron chi connectivity index (χ4n) is 1.90. The first kappa shape index (κ1) is 16.0. The maximum atomic E-state index is 12.1. The van der Waals surface area contributed by atoms with Gasteiger partial charge in [-0.1, -0.05) is 49.6 Å². The molecule has 0 bridgehead atoms. The van der Waals surface area contributed by atoms with E-state index in [0.29, 0.717) is 18.1 Å². The molecule has 0 radical (unpaired) electrons. The molecule has 19 heavy (non-hydrogen) atoms. The minimum Gasteiger partial charge on any atom is -0.465 e. The van der Waals surface area contributed by atoms with Crippen LogP contribution >= 0.6 is 11.6 Å². The third kappa shape index (κ3) is 5.23. The highest BCUT2D eigenvalue weighted by molar-refractivity contribution is 6.31. The maximum Gasteiger partial charge on any atom is 0.311 e. The number of hydrogen-bond acceptors (Lipinski definition) is 2. The molecular weight excluding hydrogens is 260 g/mol. The van der Waals surface area contributed by atoms with Crippen molar-refractivity contribution < 1.29 is 9.53 Å². The average molecular weight is 283 g/mol. The number of carbonyl (C=O) groups excluding carboxylic acids is 1. The molecule has 0 saturated carbocycles. The molecule has 2 nitrogen and oxygen atoms in total. The number of rotatable bonds is 7. The van der Waals surface area contributed by atoms with Gasteiger partial charge in [-0.25, -0.2) is 0 Å². The summed E-state index contributed by atoms with van der Waals surface area (Å²) in [5.41, 5.74) is 0.441. The molecule has 0 saturated heterocycles. The van der Waals surface area contributed by atoms with E-state index in [2.05, 4.69) is 6.92 Å². The van der Waals surface area contributed by atoms with Crippen molar-refractivity contribution in [3.05, 3.63) is 34.9 Å². The third-order valence-corrected chi connectivity index (χ3v) is 3.49. The summed E-state index contributed by atoms with van der Waals surface area (Å²) in [7, 11) is 0. The van der Waals surface area contributed by atoms with Crippen molar-refractivity contribution in [3.8, 4) is 0 Å². The zero-order valence-corrected chi connectivity index (χ0v) is 12.8. The minimum absolute atomic E-state index is 0.150. The van der Waals surface area contributed by atoms with Crippen LogP contribution in [-0.2, 0) is 16.0 Å². The van der Waals surface area contributed by atoms with Gasteiger partial charge in [-0.15, -0.1) is 0 Å². The van der Waals surface area contributed by atoms with Crippen molar-refractivity contribution in [2.75, 3.05) is 6.61 Å². The van der Waals surface area contributed by atoms with Crippen molar-refractivity contribution in [3.63, 3.8) is 0 Å². The van der Waals surface area contributed by atoms with E-state index in [-0.39, 0.29) is 5.97 Å². The number of carbonyl (C=O) groups is 1. The predicted molar refractivity (Wildman–Crippen MR) is 79.4 cm³/mol. The normalized spacial score (nSPS) is 11.4. The average Bonchev–Trinajstić information content (AvgIpc) is 2.37. The van der Waals surface area contributed by atoms with Crippen molar-refractivity contribution >= 4 is 17.6 Å². The Morgan fingerprint density at radius 2 is 1.95 bits per heavy atom. The van der Waals surface area contributed by atoms with Crippen LogP contribution in [0.2, 0.25) is 5.02 Å². The molecule has 0 aliphatic rings. The summed E-state index contributed by atoms with van der Waals surface area (Å²) in [5, 5.41) is 0.703. The molecule has 0 atom stereocenters. The number of ether oxygens (including phenoxy) is 1. The van der Waals surface area contributed by atoms with Crippen LogP contribution in [0.3, 0.4) is 0 Å². The lowest BCUT2D eigenvalue weighted by molar-refractivity contribution is -0.154. The topological polar surface area (TPSA) is 26.3 Å². The van der Waals surface area contributed by atoms with E-state index < -0.39 is 5.41 Å². The summed E-state index contributed by atoms with van der Waals surface area (Å²) in [5.74, 6) is -0.150. The van der Waals surface area contributed by atoms with Gasteiger partial charge < -0.3 is 4.74 Å². The molecule has 0 spiro atoms. The Hall–Kier alpha value is -1.02. The summed E-state index contributed by atoms with van der Waals surface area (Å²) in [6, 6.07) is 7.62. The van der Waals surface area contributed by atoms with Crippen LogP contribution in [-0.4, -0.2) is 12.6 Å². The molecule has 3 heteroatoms. The van der Waals surface area contributed by atoms with Gasteiger partial charge in [0.2, 0.25) is 0 Å². The van der Waals surface area contributed by atoms with Crippen molar-refractivity contribution in [2.45, 2.75) is 46.5 Å². The summed E-state index contributed by atoms with van der Waals surface area (Å²) < 4.78 is 5.34. The van der Waals surface area contributed by atoms with Gasteiger partial charge in [0.1, 0.15) is 0 Å². The first-order valence-corrected chi connectivity index (χ1v) is 7.26. The number of benzene rings is 1. The molecule has 0 unspecified atom stereocenters. The third-order valence-electron chi connectivity index (χ3n) is 3.12. The van der Waals surface area contributed by atoms with Crippen molar-refractivity contribution in [1.82, 2.24) is 0 Å². The monoisotopic (exact) mass is 282 g/mol. The molecule has 0 N–H and O–H groups in total. The molecule has 0 amide bonds. The van der Waals surface area contributed by atoms with Crippen LogP contribution in [0, 0.1) is 5.41 Å². The standard InChI is InChI=1S/C16H23ClO2/c1-4-5-8-11-19-15(18)16(2,3)12-13-9-6-7-10-14(13)17/h6-7,9-10H,4-5,8,11-12H2,1-3H3. The highest BCUT2D eigenvalue weighted by Crippen LogP contribution is 2.27. The smallest absolute Gasteiger partial charge is 0.311 e. The van der Waals surface area contributed by atoms with Crippen molar-refractivity contribution in [1.29, 1.82) is 0 Å². The quantitative estimate of drug-likeness (QED) is 0.538. The lowest BCUT2D eigenvalue weighted by atomic mass is 9.86. The van der Waals surface area contributed by atoms with Gasteiger partial charge in [-0.2, -0.15) is 0 Å². The van der Waals surface area contributed by atoms with E-state index >= 15 is 0 Å². The van der Waals surface area contributed by atoms with Gasteiger partial charge in [0.25, 0.3) is 0 Å².